The lowest BCUT2D eigenvalue weighted by Crippen LogP contribution is -2.29. The van der Waals surface area contributed by atoms with Crippen molar-refractivity contribution in [2.45, 2.75) is 18.4 Å². The van der Waals surface area contributed by atoms with Gasteiger partial charge in [-0.05, 0) is 52.4 Å². The number of ether oxygens (including phenoxy) is 1. The zero-order chi connectivity index (χ0) is 18.4. The van der Waals surface area contributed by atoms with E-state index in [1.54, 1.807) is 0 Å². The highest BCUT2D eigenvalue weighted by atomic mass is 16.5. The summed E-state index contributed by atoms with van der Waals surface area (Å²) in [7, 11) is 1.43. The average molecular weight is 355 g/mol. The summed E-state index contributed by atoms with van der Waals surface area (Å²) in [5.74, 6) is 0.471. The SMILES string of the molecule is COC(=O)c1ccc2c(c1)[C@@H]1C=CC[C@@H]1[C@H](c1cccc3ccccc13)N2. The van der Waals surface area contributed by atoms with Crippen molar-refractivity contribution >= 4 is 22.4 Å². The van der Waals surface area contributed by atoms with E-state index in [0.717, 1.165) is 12.1 Å². The third-order valence-electron chi connectivity index (χ3n) is 5.94. The van der Waals surface area contributed by atoms with Gasteiger partial charge in [-0.1, -0.05) is 54.6 Å². The maximum Gasteiger partial charge on any atom is 0.337 e. The smallest absolute Gasteiger partial charge is 0.337 e. The third-order valence-corrected chi connectivity index (χ3v) is 5.94. The summed E-state index contributed by atoms with van der Waals surface area (Å²) in [5, 5.41) is 6.34. The predicted molar refractivity (Wildman–Crippen MR) is 108 cm³/mol. The number of allylic oxidation sites excluding steroid dienone is 2. The monoisotopic (exact) mass is 355 g/mol. The predicted octanol–water partition coefficient (Wildman–Crippen LogP) is 5.45. The van der Waals surface area contributed by atoms with Gasteiger partial charge in [0.1, 0.15) is 0 Å². The van der Waals surface area contributed by atoms with E-state index in [4.69, 9.17) is 4.74 Å². The van der Waals surface area contributed by atoms with Crippen molar-refractivity contribution in [1.82, 2.24) is 0 Å². The summed E-state index contributed by atoms with van der Waals surface area (Å²) in [5.41, 5.74) is 4.25. The van der Waals surface area contributed by atoms with Crippen LogP contribution in [0.15, 0.2) is 72.8 Å². The second-order valence-corrected chi connectivity index (χ2v) is 7.34. The van der Waals surface area contributed by atoms with Gasteiger partial charge < -0.3 is 10.1 Å². The first-order chi connectivity index (χ1) is 13.3. The Labute approximate surface area is 158 Å². The molecular weight excluding hydrogens is 334 g/mol. The van der Waals surface area contributed by atoms with Gasteiger partial charge in [-0.2, -0.15) is 0 Å². The van der Waals surface area contributed by atoms with Crippen molar-refractivity contribution in [2.75, 3.05) is 12.4 Å². The van der Waals surface area contributed by atoms with Crippen LogP contribution in [0.4, 0.5) is 5.69 Å². The van der Waals surface area contributed by atoms with Gasteiger partial charge in [-0.15, -0.1) is 0 Å². The molecule has 3 aromatic rings. The second kappa shape index (κ2) is 6.27. The van der Waals surface area contributed by atoms with Gasteiger partial charge in [0.15, 0.2) is 0 Å². The molecule has 0 unspecified atom stereocenters. The van der Waals surface area contributed by atoms with Gasteiger partial charge in [0.2, 0.25) is 0 Å². The molecular formula is C24H21NO2. The minimum atomic E-state index is -0.285. The molecule has 0 saturated carbocycles. The van der Waals surface area contributed by atoms with E-state index in [0.29, 0.717) is 17.4 Å². The number of fused-ring (bicyclic) bond motifs is 4. The van der Waals surface area contributed by atoms with Crippen LogP contribution in [-0.4, -0.2) is 13.1 Å². The fourth-order valence-corrected chi connectivity index (χ4v) is 4.67. The molecule has 0 radical (unpaired) electrons. The van der Waals surface area contributed by atoms with Gasteiger partial charge in [-0.25, -0.2) is 4.79 Å². The lowest BCUT2D eigenvalue weighted by atomic mass is 9.76. The summed E-state index contributed by atoms with van der Waals surface area (Å²) < 4.78 is 4.90. The molecule has 3 nitrogen and oxygen atoms in total. The molecule has 3 aromatic carbocycles. The number of benzene rings is 3. The first kappa shape index (κ1) is 16.1. The van der Waals surface area contributed by atoms with Crippen LogP contribution < -0.4 is 5.32 Å². The third kappa shape index (κ3) is 2.54. The average Bonchev–Trinajstić information content (AvgIpc) is 3.22. The maximum atomic E-state index is 12.0. The maximum absolute atomic E-state index is 12.0. The zero-order valence-electron chi connectivity index (χ0n) is 15.2. The first-order valence-corrected chi connectivity index (χ1v) is 9.39. The van der Waals surface area contributed by atoms with Crippen molar-refractivity contribution in [1.29, 1.82) is 0 Å². The summed E-state index contributed by atoms with van der Waals surface area (Å²) in [6.07, 6.45) is 5.60. The number of esters is 1. The summed E-state index contributed by atoms with van der Waals surface area (Å²) in [6.45, 7) is 0. The fourth-order valence-electron chi connectivity index (χ4n) is 4.67. The Morgan fingerprint density at radius 3 is 2.78 bits per heavy atom. The van der Waals surface area contributed by atoms with Crippen LogP contribution in [-0.2, 0) is 4.74 Å². The summed E-state index contributed by atoms with van der Waals surface area (Å²) in [6, 6.07) is 21.2. The number of carbonyl (C=O) groups excluding carboxylic acids is 1. The number of methoxy groups -OCH3 is 1. The van der Waals surface area contributed by atoms with Crippen LogP contribution in [0.25, 0.3) is 10.8 Å². The van der Waals surface area contributed by atoms with Gasteiger partial charge >= 0.3 is 5.97 Å². The molecule has 0 saturated heterocycles. The van der Waals surface area contributed by atoms with Crippen molar-refractivity contribution in [3.8, 4) is 0 Å². The molecule has 0 fully saturated rings. The molecule has 1 aliphatic carbocycles. The van der Waals surface area contributed by atoms with Crippen molar-refractivity contribution in [3.05, 3.63) is 89.5 Å². The standard InChI is InChI=1S/C24H21NO2/c1-27-24(26)16-12-13-22-21(14-16)18-9-5-11-20(18)23(25-22)19-10-4-7-15-6-2-3-8-17(15)19/h2-10,12-14,18,20,23,25H,11H2,1H3/t18-,20+,23+/m1/s1. The number of nitrogens with one attached hydrogen (secondary N) is 1. The molecule has 0 bridgehead atoms. The lowest BCUT2D eigenvalue weighted by Gasteiger charge is -2.38. The Hall–Kier alpha value is -3.07. The number of rotatable bonds is 2. The Kier molecular flexibility index (Phi) is 3.75. The number of hydrogen-bond donors (Lipinski definition) is 1. The molecule has 2 aliphatic rings. The van der Waals surface area contributed by atoms with E-state index in [9.17, 15) is 4.79 Å². The molecule has 0 spiro atoms. The molecule has 1 heterocycles. The molecule has 27 heavy (non-hydrogen) atoms. The number of anilines is 1. The van der Waals surface area contributed by atoms with Crippen molar-refractivity contribution < 1.29 is 9.53 Å². The van der Waals surface area contributed by atoms with Crippen molar-refractivity contribution in [3.63, 3.8) is 0 Å². The Balaban J connectivity index is 1.62. The molecule has 1 aliphatic heterocycles. The molecule has 134 valence electrons. The topological polar surface area (TPSA) is 38.3 Å². The second-order valence-electron chi connectivity index (χ2n) is 7.34. The molecule has 3 heteroatoms. The molecule has 0 amide bonds. The van der Waals surface area contributed by atoms with Crippen LogP contribution in [0.2, 0.25) is 0 Å². The lowest BCUT2D eigenvalue weighted by molar-refractivity contribution is 0.0600. The van der Waals surface area contributed by atoms with E-state index in [1.807, 2.05) is 18.2 Å². The minimum Gasteiger partial charge on any atom is -0.465 e. The highest BCUT2D eigenvalue weighted by Crippen LogP contribution is 2.50. The van der Waals surface area contributed by atoms with E-state index < -0.39 is 0 Å². The van der Waals surface area contributed by atoms with Gasteiger partial charge in [0.05, 0.1) is 18.7 Å². The van der Waals surface area contributed by atoms with Crippen LogP contribution in [0.3, 0.4) is 0 Å². The highest BCUT2D eigenvalue weighted by Gasteiger charge is 2.38. The summed E-state index contributed by atoms with van der Waals surface area (Å²) >= 11 is 0. The molecule has 0 aromatic heterocycles. The van der Waals surface area contributed by atoms with Crippen LogP contribution in [0.5, 0.6) is 0 Å². The van der Waals surface area contributed by atoms with Crippen LogP contribution in [0.1, 0.15) is 39.9 Å². The van der Waals surface area contributed by atoms with Gasteiger partial charge in [0, 0.05) is 11.6 Å². The Bertz CT molecular complexity index is 1060. The fraction of sp³-hybridized carbons (Fsp3) is 0.208. The highest BCUT2D eigenvalue weighted by molar-refractivity contribution is 5.91. The molecule has 3 atom stereocenters. The van der Waals surface area contributed by atoms with E-state index >= 15 is 0 Å². The quantitative estimate of drug-likeness (QED) is 0.490. The van der Waals surface area contributed by atoms with Crippen molar-refractivity contribution in [2.24, 2.45) is 5.92 Å². The number of carbonyl (C=O) groups is 1. The zero-order valence-corrected chi connectivity index (χ0v) is 15.2. The van der Waals surface area contributed by atoms with Crippen LogP contribution >= 0.6 is 0 Å². The number of hydrogen-bond acceptors (Lipinski definition) is 3. The Morgan fingerprint density at radius 1 is 1.04 bits per heavy atom. The Morgan fingerprint density at radius 2 is 1.89 bits per heavy atom. The minimum absolute atomic E-state index is 0.243. The normalized spacial score (nSPS) is 22.8. The first-order valence-electron chi connectivity index (χ1n) is 9.39. The van der Waals surface area contributed by atoms with Gasteiger partial charge in [-0.3, -0.25) is 0 Å². The van der Waals surface area contributed by atoms with E-state index in [1.165, 1.54) is 29.0 Å². The summed E-state index contributed by atoms with van der Waals surface area (Å²) in [4.78, 5) is 12.0. The largest absolute Gasteiger partial charge is 0.465 e. The van der Waals surface area contributed by atoms with Crippen LogP contribution in [0, 0.1) is 5.92 Å². The molecule has 5 rings (SSSR count). The molecule has 1 N–H and O–H groups in total. The van der Waals surface area contributed by atoms with Gasteiger partial charge in [0.25, 0.3) is 0 Å². The van der Waals surface area contributed by atoms with E-state index in [-0.39, 0.29) is 12.0 Å². The van der Waals surface area contributed by atoms with E-state index in [2.05, 4.69) is 59.9 Å².